The van der Waals surface area contributed by atoms with E-state index < -0.39 is 14.1 Å². The molecule has 1 aliphatic heterocycles. The Morgan fingerprint density at radius 2 is 1.20 bits per heavy atom. The Balaban J connectivity index is 1.50. The highest BCUT2D eigenvalue weighted by molar-refractivity contribution is 7.44. The van der Waals surface area contributed by atoms with Crippen LogP contribution in [-0.4, -0.2) is 86.8 Å². The van der Waals surface area contributed by atoms with Crippen LogP contribution in [0.2, 0.25) is 0 Å². The molecule has 0 spiro atoms. The first-order chi connectivity index (χ1) is 31.1. The lowest BCUT2D eigenvalue weighted by Crippen LogP contribution is -2.42. The molecule has 0 saturated carbocycles. The topological polar surface area (TPSA) is 120 Å². The summed E-state index contributed by atoms with van der Waals surface area (Å²) in [4.78, 5) is 27.7. The number of ether oxygens (including phenoxy) is 4. The van der Waals surface area contributed by atoms with Crippen LogP contribution in [0.25, 0.3) is 0 Å². The van der Waals surface area contributed by atoms with E-state index in [0.29, 0.717) is 25.8 Å². The maximum absolute atomic E-state index is 14.4. The van der Waals surface area contributed by atoms with Gasteiger partial charge in [-0.1, -0.05) is 119 Å². The van der Waals surface area contributed by atoms with E-state index in [1.165, 1.54) is 52.1 Å². The Labute approximate surface area is 386 Å². The maximum Gasteiger partial charge on any atom is 0.305 e. The van der Waals surface area contributed by atoms with Crippen LogP contribution in [0.3, 0.4) is 0 Å². The first kappa shape index (κ1) is 52.6. The molecular weight excluding hydrogens is 826 g/mol. The molecule has 0 radical (unpaired) electrons. The van der Waals surface area contributed by atoms with Crippen molar-refractivity contribution in [1.82, 2.24) is 9.57 Å². The minimum absolute atomic E-state index is 0.115. The van der Waals surface area contributed by atoms with E-state index in [-0.39, 0.29) is 55.7 Å². The maximum atomic E-state index is 14.4. The van der Waals surface area contributed by atoms with Gasteiger partial charge in [-0.05, 0) is 87.9 Å². The smallest absolute Gasteiger partial charge is 0.305 e. The molecule has 11 nitrogen and oxygen atoms in total. The summed E-state index contributed by atoms with van der Waals surface area (Å²) in [7, 11) is 3.27. The zero-order chi connectivity index (χ0) is 46.2. The minimum Gasteiger partial charge on any atom is -0.497 e. The third kappa shape index (κ3) is 16.1. The number of unbranched alkanes of at least 4 members (excludes halogenated alkanes) is 11. The molecule has 3 aromatic carbocycles. The number of benzene rings is 3. The average molecular weight is 902 g/mol. The number of esters is 1. The molecule has 0 aromatic heterocycles. The number of likely N-dealkylation sites (tertiary alicyclic amines) is 1. The summed E-state index contributed by atoms with van der Waals surface area (Å²) in [5.41, 5.74) is 1.79. The van der Waals surface area contributed by atoms with E-state index in [4.69, 9.17) is 28.0 Å². The molecule has 12 heteroatoms. The van der Waals surface area contributed by atoms with Gasteiger partial charge in [-0.15, -0.1) is 0 Å². The van der Waals surface area contributed by atoms with Gasteiger partial charge < -0.3 is 32.9 Å². The van der Waals surface area contributed by atoms with E-state index in [1.54, 1.807) is 14.2 Å². The quantitative estimate of drug-likeness (QED) is 0.0267. The van der Waals surface area contributed by atoms with Crippen molar-refractivity contribution in [3.8, 4) is 17.6 Å². The van der Waals surface area contributed by atoms with Crippen LogP contribution in [-0.2, 0) is 33.7 Å². The number of methoxy groups -OCH3 is 3. The van der Waals surface area contributed by atoms with Crippen molar-refractivity contribution in [3.63, 3.8) is 0 Å². The van der Waals surface area contributed by atoms with Gasteiger partial charge in [0.2, 0.25) is 5.91 Å². The fourth-order valence-electron chi connectivity index (χ4n) is 8.69. The Morgan fingerprint density at radius 3 is 1.67 bits per heavy atom. The lowest BCUT2D eigenvalue weighted by molar-refractivity contribution is -0.140. The molecule has 3 atom stereocenters. The van der Waals surface area contributed by atoms with Crippen LogP contribution in [0.4, 0.5) is 0 Å². The molecule has 0 bridgehead atoms. The fourth-order valence-corrected chi connectivity index (χ4v) is 10.4. The van der Waals surface area contributed by atoms with E-state index in [0.717, 1.165) is 60.3 Å². The van der Waals surface area contributed by atoms with Crippen LogP contribution in [0.1, 0.15) is 147 Å². The monoisotopic (exact) mass is 902 g/mol. The second-order valence-corrected chi connectivity index (χ2v) is 18.8. The Hall–Kier alpha value is -4.04. The van der Waals surface area contributed by atoms with Crippen molar-refractivity contribution in [1.29, 1.82) is 5.26 Å². The summed E-state index contributed by atoms with van der Waals surface area (Å²) in [6.45, 7) is 9.51. The molecule has 64 heavy (non-hydrogen) atoms. The summed E-state index contributed by atoms with van der Waals surface area (Å²) in [5, 5.41) is 9.33. The summed E-state index contributed by atoms with van der Waals surface area (Å²) in [5.74, 6) is 1.49. The molecule has 1 fully saturated rings. The third-order valence-corrected chi connectivity index (χ3v) is 14.2. The van der Waals surface area contributed by atoms with Crippen molar-refractivity contribution in [2.24, 2.45) is 0 Å². The lowest BCUT2D eigenvalue weighted by Gasteiger charge is -2.38. The van der Waals surface area contributed by atoms with Gasteiger partial charge in [-0.2, -0.15) is 5.26 Å². The van der Waals surface area contributed by atoms with Crippen molar-refractivity contribution in [3.05, 3.63) is 95.6 Å². The van der Waals surface area contributed by atoms with Crippen LogP contribution in [0.15, 0.2) is 78.9 Å². The fraction of sp³-hybridized carbons (Fsp3) is 0.596. The number of nitriles is 1. The van der Waals surface area contributed by atoms with Crippen LogP contribution < -0.4 is 9.47 Å². The van der Waals surface area contributed by atoms with Gasteiger partial charge >= 0.3 is 5.97 Å². The Kier molecular flexibility index (Phi) is 23.6. The van der Waals surface area contributed by atoms with Crippen molar-refractivity contribution in [2.75, 3.05) is 41.1 Å². The highest BCUT2D eigenvalue weighted by Gasteiger charge is 2.43. The first-order valence-corrected chi connectivity index (χ1v) is 24.8. The molecule has 1 saturated heterocycles. The van der Waals surface area contributed by atoms with Gasteiger partial charge in [-0.3, -0.25) is 9.59 Å². The number of carbonyl (C=O) groups excluding carboxylic acids is 2. The van der Waals surface area contributed by atoms with Crippen molar-refractivity contribution in [2.45, 2.75) is 160 Å². The van der Waals surface area contributed by atoms with E-state index in [2.05, 4.69) is 74.8 Å². The SMILES string of the molecule is COC(=O)CCCCCCCCCCCCCCC(=O)N1C[C@H](OP(OCCC#N)N(C(C)C)C(C)C)C[C@H]1COC(c1ccccc1)(c1ccc(OC)cc1)c1ccc(OC)cc1. The molecule has 3 aromatic rings. The predicted octanol–water partition coefficient (Wildman–Crippen LogP) is 11.9. The van der Waals surface area contributed by atoms with Gasteiger partial charge in [0.1, 0.15) is 17.1 Å². The largest absolute Gasteiger partial charge is 0.497 e. The van der Waals surface area contributed by atoms with Crippen molar-refractivity contribution >= 4 is 20.4 Å². The van der Waals surface area contributed by atoms with Gasteiger partial charge in [0, 0.05) is 31.5 Å². The molecule has 1 amide bonds. The predicted molar refractivity (Wildman–Crippen MR) is 255 cm³/mol. The Bertz CT molecular complexity index is 1750. The van der Waals surface area contributed by atoms with Crippen LogP contribution in [0, 0.1) is 11.3 Å². The minimum atomic E-state index is -1.50. The second-order valence-electron chi connectivity index (χ2n) is 17.3. The zero-order valence-corrected chi connectivity index (χ0v) is 40.7. The van der Waals surface area contributed by atoms with Gasteiger partial charge in [0.15, 0.2) is 0 Å². The number of rotatable bonds is 31. The molecule has 0 N–H and O–H groups in total. The molecule has 4 rings (SSSR count). The third-order valence-electron chi connectivity index (χ3n) is 12.0. The summed E-state index contributed by atoms with van der Waals surface area (Å²) < 4.78 is 38.7. The highest BCUT2D eigenvalue weighted by atomic mass is 31.2. The van der Waals surface area contributed by atoms with Gasteiger partial charge in [0.25, 0.3) is 8.53 Å². The summed E-state index contributed by atoms with van der Waals surface area (Å²) in [6.07, 6.45) is 15.1. The summed E-state index contributed by atoms with van der Waals surface area (Å²) in [6, 6.07) is 28.5. The van der Waals surface area contributed by atoms with Gasteiger partial charge in [-0.25, -0.2) is 4.67 Å². The van der Waals surface area contributed by atoms with Crippen molar-refractivity contribution < 1.29 is 37.6 Å². The number of amides is 1. The van der Waals surface area contributed by atoms with Crippen LogP contribution >= 0.6 is 8.53 Å². The number of hydrogen-bond donors (Lipinski definition) is 0. The zero-order valence-electron chi connectivity index (χ0n) is 39.8. The highest BCUT2D eigenvalue weighted by Crippen LogP contribution is 2.49. The Morgan fingerprint density at radius 1 is 0.719 bits per heavy atom. The molecule has 0 aliphatic carbocycles. The van der Waals surface area contributed by atoms with E-state index in [9.17, 15) is 14.9 Å². The molecule has 1 aliphatic rings. The van der Waals surface area contributed by atoms with E-state index >= 15 is 0 Å². The van der Waals surface area contributed by atoms with Gasteiger partial charge in [0.05, 0.1) is 59.2 Å². The molecule has 352 valence electrons. The molecular formula is C52H76N3O8P. The van der Waals surface area contributed by atoms with Crippen LogP contribution in [0.5, 0.6) is 11.5 Å². The molecule has 1 unspecified atom stereocenters. The first-order valence-electron chi connectivity index (χ1n) is 23.7. The lowest BCUT2D eigenvalue weighted by atomic mass is 9.80. The average Bonchev–Trinajstić information content (AvgIpc) is 3.72. The standard InChI is InChI=1S/C52H76N3O8P/c1-41(2)55(42(3)4)64(62-37-23-36-53)63-49-38-46(54(39-49)50(56)26-21-16-14-12-10-8-9-11-13-15-17-22-27-51(57)60-7)40-61-52(43-24-19-18-20-25-43,44-28-32-47(58-5)33-29-44)45-30-34-48(59-6)35-31-45/h18-20,24-25,28-35,41-42,46,49H,8-17,21-23,26-27,37-40H2,1-7H3/t46-,49+,64?/m0/s1. The van der Waals surface area contributed by atoms with E-state index in [1.807, 2.05) is 47.4 Å². The number of nitrogens with zero attached hydrogens (tertiary/aromatic N) is 3. The number of hydrogen-bond acceptors (Lipinski definition) is 10. The molecule has 1 heterocycles. The normalized spacial score (nSPS) is 15.7. The number of carbonyl (C=O) groups is 2. The summed E-state index contributed by atoms with van der Waals surface area (Å²) >= 11 is 0. The second kappa shape index (κ2) is 28.8.